The molecule has 4 nitrogen and oxygen atoms in total. The van der Waals surface area contributed by atoms with Gasteiger partial charge in [0, 0.05) is 35.8 Å². The van der Waals surface area contributed by atoms with E-state index in [2.05, 4.69) is 42.0 Å². The number of H-pyrrole nitrogens is 1. The zero-order valence-electron chi connectivity index (χ0n) is 17.0. The van der Waals surface area contributed by atoms with Gasteiger partial charge in [0.25, 0.3) is 0 Å². The lowest BCUT2D eigenvalue weighted by Crippen LogP contribution is -2.46. The van der Waals surface area contributed by atoms with Crippen molar-refractivity contribution in [2.45, 2.75) is 45.6 Å². The molecule has 3 unspecified atom stereocenters. The Labute approximate surface area is 162 Å². The van der Waals surface area contributed by atoms with Gasteiger partial charge in [0.05, 0.1) is 26.5 Å². The first kappa shape index (κ1) is 18.4. The van der Waals surface area contributed by atoms with E-state index in [4.69, 9.17) is 9.47 Å². The maximum Gasteiger partial charge on any atom is 0.109 e. The number of piperidine rings is 1. The molecule has 1 aliphatic carbocycles. The monoisotopic (exact) mass is 368 g/mol. The lowest BCUT2D eigenvalue weighted by atomic mass is 9.74. The molecule has 1 saturated heterocycles. The number of nitrogens with one attached hydrogen (secondary N) is 1. The lowest BCUT2D eigenvalue weighted by Gasteiger charge is -2.46. The topological polar surface area (TPSA) is 37.5 Å². The maximum atomic E-state index is 5.77. The summed E-state index contributed by atoms with van der Waals surface area (Å²) >= 11 is 0. The molecule has 1 fully saturated rings. The standard InChI is InChI=1S/C23H32N2O2/c1-5-16-13-25-11-10-17-22-19(8-6-7-9-21(22)27-4)24-23(17)20(25)12-18(16)15(2)14-26-3/h6-8,14,16,18,20,24H,5,9-13H2,1-4H3/b15-14-. The highest BCUT2D eigenvalue weighted by molar-refractivity contribution is 5.52. The molecule has 0 bridgehead atoms. The van der Waals surface area contributed by atoms with Gasteiger partial charge < -0.3 is 14.5 Å². The first-order valence-corrected chi connectivity index (χ1v) is 10.3. The van der Waals surface area contributed by atoms with Gasteiger partial charge >= 0.3 is 0 Å². The fourth-order valence-electron chi connectivity index (χ4n) is 5.38. The van der Waals surface area contributed by atoms with Gasteiger partial charge in [-0.1, -0.05) is 25.5 Å². The summed E-state index contributed by atoms with van der Waals surface area (Å²) in [6, 6.07) is 0.462. The normalized spacial score (nSPS) is 27.9. The van der Waals surface area contributed by atoms with Crippen LogP contribution in [-0.4, -0.2) is 37.2 Å². The highest BCUT2D eigenvalue weighted by atomic mass is 16.5. The van der Waals surface area contributed by atoms with Gasteiger partial charge in [0.1, 0.15) is 5.76 Å². The average molecular weight is 369 g/mol. The molecule has 3 aliphatic rings. The van der Waals surface area contributed by atoms with E-state index in [1.807, 2.05) is 6.26 Å². The van der Waals surface area contributed by atoms with Gasteiger partial charge in [-0.05, 0) is 48.8 Å². The quantitative estimate of drug-likeness (QED) is 0.830. The smallest absolute Gasteiger partial charge is 0.109 e. The first-order chi connectivity index (χ1) is 13.2. The van der Waals surface area contributed by atoms with Gasteiger partial charge in [-0.25, -0.2) is 0 Å². The molecule has 1 N–H and O–H groups in total. The van der Waals surface area contributed by atoms with Crippen LogP contribution in [0.1, 0.15) is 50.4 Å². The number of aromatic nitrogens is 1. The summed E-state index contributed by atoms with van der Waals surface area (Å²) in [6.45, 7) is 6.87. The molecule has 2 aliphatic heterocycles. The molecule has 0 saturated carbocycles. The molecule has 0 aromatic carbocycles. The number of nitrogens with zero attached hydrogens (tertiary/aromatic N) is 1. The maximum absolute atomic E-state index is 5.77. The summed E-state index contributed by atoms with van der Waals surface area (Å²) in [6.07, 6.45) is 12.8. The Balaban J connectivity index is 1.78. The number of hydrogen-bond donors (Lipinski definition) is 1. The van der Waals surface area contributed by atoms with Crippen molar-refractivity contribution >= 4 is 11.8 Å². The minimum absolute atomic E-state index is 0.462. The van der Waals surface area contributed by atoms with Gasteiger partial charge in [-0.2, -0.15) is 0 Å². The van der Waals surface area contributed by atoms with Crippen molar-refractivity contribution < 1.29 is 9.47 Å². The van der Waals surface area contributed by atoms with Crippen molar-refractivity contribution in [2.24, 2.45) is 11.8 Å². The van der Waals surface area contributed by atoms with E-state index in [0.717, 1.165) is 31.6 Å². The zero-order valence-corrected chi connectivity index (χ0v) is 17.0. The van der Waals surface area contributed by atoms with Crippen molar-refractivity contribution in [2.75, 3.05) is 27.3 Å². The van der Waals surface area contributed by atoms with Crippen LogP contribution < -0.4 is 10.6 Å². The molecule has 27 heavy (non-hydrogen) atoms. The molecule has 4 heteroatoms. The predicted octanol–water partition coefficient (Wildman–Crippen LogP) is 3.01. The fourth-order valence-corrected chi connectivity index (χ4v) is 5.38. The summed E-state index contributed by atoms with van der Waals surface area (Å²) in [7, 11) is 3.56. The number of ether oxygens (including phenoxy) is 2. The van der Waals surface area contributed by atoms with Crippen LogP contribution in [0.15, 0.2) is 24.0 Å². The molecule has 0 amide bonds. The van der Waals surface area contributed by atoms with E-state index < -0.39 is 0 Å². The van der Waals surface area contributed by atoms with Crippen LogP contribution in [0.2, 0.25) is 0 Å². The van der Waals surface area contributed by atoms with E-state index in [9.17, 15) is 0 Å². The molecule has 146 valence electrons. The minimum Gasteiger partial charge on any atom is -0.504 e. The van der Waals surface area contributed by atoms with Crippen molar-refractivity contribution in [1.29, 1.82) is 0 Å². The largest absolute Gasteiger partial charge is 0.504 e. The third-order valence-corrected chi connectivity index (χ3v) is 6.74. The average Bonchev–Trinajstić information content (AvgIpc) is 2.93. The van der Waals surface area contributed by atoms with Crippen LogP contribution in [0.5, 0.6) is 0 Å². The summed E-state index contributed by atoms with van der Waals surface area (Å²) < 4.78 is 11.1. The summed E-state index contributed by atoms with van der Waals surface area (Å²) in [5.74, 6) is 2.38. The Morgan fingerprint density at radius 2 is 2.22 bits per heavy atom. The van der Waals surface area contributed by atoms with Crippen molar-refractivity contribution in [3.8, 4) is 0 Å². The molecule has 1 aromatic rings. The molecule has 3 heterocycles. The van der Waals surface area contributed by atoms with Crippen LogP contribution in [0.4, 0.5) is 0 Å². The van der Waals surface area contributed by atoms with Crippen molar-refractivity contribution in [3.05, 3.63) is 45.8 Å². The highest BCUT2D eigenvalue weighted by Gasteiger charge is 2.40. The number of allylic oxidation sites excluding steroid dienone is 2. The molecular formula is C23H32N2O2. The fraction of sp³-hybridized carbons (Fsp3) is 0.565. The lowest BCUT2D eigenvalue weighted by molar-refractivity contribution is 0.0621. The number of fused-ring (bicyclic) bond motifs is 5. The molecule has 0 spiro atoms. The highest BCUT2D eigenvalue weighted by Crippen LogP contribution is 2.43. The zero-order chi connectivity index (χ0) is 19.0. The summed E-state index contributed by atoms with van der Waals surface area (Å²) in [5.41, 5.74) is 4.27. The second-order valence-corrected chi connectivity index (χ2v) is 8.10. The van der Waals surface area contributed by atoms with E-state index in [1.54, 1.807) is 14.2 Å². The van der Waals surface area contributed by atoms with Crippen LogP contribution in [0.3, 0.4) is 0 Å². The summed E-state index contributed by atoms with van der Waals surface area (Å²) in [4.78, 5) is 6.48. The van der Waals surface area contributed by atoms with E-state index in [1.165, 1.54) is 40.4 Å². The molecular weight excluding hydrogens is 336 g/mol. The third kappa shape index (κ3) is 3.14. The van der Waals surface area contributed by atoms with Crippen LogP contribution in [-0.2, 0) is 15.9 Å². The second kappa shape index (κ2) is 7.59. The Morgan fingerprint density at radius 1 is 1.37 bits per heavy atom. The number of rotatable bonds is 4. The van der Waals surface area contributed by atoms with Crippen LogP contribution >= 0.6 is 0 Å². The first-order valence-electron chi connectivity index (χ1n) is 10.3. The Morgan fingerprint density at radius 3 is 2.96 bits per heavy atom. The van der Waals surface area contributed by atoms with E-state index in [0.29, 0.717) is 17.9 Å². The Hall–Kier alpha value is -1.94. The minimum atomic E-state index is 0.462. The summed E-state index contributed by atoms with van der Waals surface area (Å²) in [5, 5.41) is 2.53. The van der Waals surface area contributed by atoms with Crippen LogP contribution in [0.25, 0.3) is 11.8 Å². The number of hydrogen-bond acceptors (Lipinski definition) is 3. The third-order valence-electron chi connectivity index (χ3n) is 6.74. The molecule has 4 rings (SSSR count). The van der Waals surface area contributed by atoms with Crippen molar-refractivity contribution in [3.63, 3.8) is 0 Å². The van der Waals surface area contributed by atoms with Gasteiger partial charge in [-0.15, -0.1) is 0 Å². The molecule has 1 aromatic heterocycles. The molecule has 0 radical (unpaired) electrons. The molecule has 3 atom stereocenters. The second-order valence-electron chi connectivity index (χ2n) is 8.10. The van der Waals surface area contributed by atoms with E-state index in [-0.39, 0.29) is 0 Å². The van der Waals surface area contributed by atoms with Gasteiger partial charge in [-0.3, -0.25) is 4.90 Å². The van der Waals surface area contributed by atoms with Gasteiger partial charge in [0.15, 0.2) is 0 Å². The Kier molecular flexibility index (Phi) is 5.18. The van der Waals surface area contributed by atoms with Gasteiger partial charge in [0.2, 0.25) is 0 Å². The van der Waals surface area contributed by atoms with E-state index >= 15 is 0 Å². The van der Waals surface area contributed by atoms with Crippen LogP contribution in [0, 0.1) is 11.8 Å². The predicted molar refractivity (Wildman–Crippen MR) is 109 cm³/mol. The van der Waals surface area contributed by atoms with Crippen molar-refractivity contribution in [1.82, 2.24) is 9.88 Å². The number of aromatic amines is 1. The SMILES string of the molecule is CCC1CN2CCc3c([nH]c4c3=C(OC)CC=CC=4)C2CC1/C(C)=C\OC. The number of methoxy groups -OCH3 is 2. The Bertz CT molecular complexity index is 877.